The maximum absolute atomic E-state index is 11.5. The average molecular weight is 156 g/mol. The number of fused-ring (bicyclic) bond motifs is 1. The molecule has 0 aliphatic carbocycles. The predicted octanol–water partition coefficient (Wildman–Crippen LogP) is 0.122. The van der Waals surface area contributed by atoms with E-state index in [1.165, 1.54) is 0 Å². The minimum absolute atomic E-state index is 0.00315. The molecule has 0 N–H and O–H groups in total. The Morgan fingerprint density at radius 3 is 2.18 bits per heavy atom. The van der Waals surface area contributed by atoms with Crippen LogP contribution in [0.3, 0.4) is 0 Å². The summed E-state index contributed by atoms with van der Waals surface area (Å²) in [6.45, 7) is 3.96. The van der Waals surface area contributed by atoms with Gasteiger partial charge >= 0.3 is 0 Å². The van der Waals surface area contributed by atoms with Crippen molar-refractivity contribution in [3.05, 3.63) is 5.21 Å². The van der Waals surface area contributed by atoms with E-state index in [-0.39, 0.29) is 4.65 Å². The molecule has 3 heteroatoms. The topological polar surface area (TPSA) is 26.3 Å². The van der Waals surface area contributed by atoms with Crippen LogP contribution < -0.4 is 0 Å². The van der Waals surface area contributed by atoms with Gasteiger partial charge in [-0.3, -0.25) is 0 Å². The second kappa shape index (κ2) is 2.19. The summed E-state index contributed by atoms with van der Waals surface area (Å²) < 4.78 is 0.00315. The van der Waals surface area contributed by atoms with Crippen LogP contribution in [0.2, 0.25) is 0 Å². The zero-order valence-corrected chi connectivity index (χ0v) is 7.29. The Bertz CT molecular complexity index is 153. The van der Waals surface area contributed by atoms with Crippen LogP contribution >= 0.6 is 0 Å². The number of likely N-dealkylation sites (tertiary alicyclic amines) is 2. The Balaban J connectivity index is 2.04. The van der Waals surface area contributed by atoms with E-state index < -0.39 is 0 Å². The van der Waals surface area contributed by atoms with Gasteiger partial charge in [-0.05, 0) is 7.05 Å². The Labute approximate surface area is 67.8 Å². The molecule has 0 spiro atoms. The second-order valence-corrected chi connectivity index (χ2v) is 4.40. The van der Waals surface area contributed by atoms with E-state index in [1.807, 2.05) is 0 Å². The van der Waals surface area contributed by atoms with Crippen LogP contribution in [0.1, 0.15) is 0 Å². The molecule has 2 aliphatic heterocycles. The molecule has 3 nitrogen and oxygen atoms in total. The summed E-state index contributed by atoms with van der Waals surface area (Å²) in [6.07, 6.45) is 0. The van der Waals surface area contributed by atoms with E-state index in [4.69, 9.17) is 0 Å². The molecular weight excluding hydrogens is 140 g/mol. The van der Waals surface area contributed by atoms with Crippen LogP contribution in [0, 0.1) is 17.0 Å². The lowest BCUT2D eigenvalue weighted by Gasteiger charge is -2.35. The fourth-order valence-electron chi connectivity index (χ4n) is 2.65. The highest BCUT2D eigenvalue weighted by atomic mass is 16.5. The van der Waals surface area contributed by atoms with Crippen molar-refractivity contribution in [3.63, 3.8) is 0 Å². The van der Waals surface area contributed by atoms with Crippen LogP contribution in [0.5, 0.6) is 0 Å². The fourth-order valence-corrected chi connectivity index (χ4v) is 2.65. The Hall–Kier alpha value is -0.120. The van der Waals surface area contributed by atoms with Gasteiger partial charge in [-0.1, -0.05) is 0 Å². The third kappa shape index (κ3) is 1.28. The van der Waals surface area contributed by atoms with Gasteiger partial charge in [0.15, 0.2) is 0 Å². The first-order valence-electron chi connectivity index (χ1n) is 4.31. The highest BCUT2D eigenvalue weighted by molar-refractivity contribution is 4.86. The van der Waals surface area contributed by atoms with Gasteiger partial charge in [0.2, 0.25) is 0 Å². The number of hydrogen-bond acceptors (Lipinski definition) is 2. The molecule has 2 heterocycles. The molecule has 2 fully saturated rings. The SMILES string of the molecule is CN1CC2C[N+](C)([O-])CC2C1. The van der Waals surface area contributed by atoms with Gasteiger partial charge in [-0.2, -0.15) is 0 Å². The lowest BCUT2D eigenvalue weighted by molar-refractivity contribution is -0.850. The van der Waals surface area contributed by atoms with Gasteiger partial charge < -0.3 is 14.8 Å². The number of rotatable bonds is 0. The minimum atomic E-state index is 0.00315. The van der Waals surface area contributed by atoms with E-state index >= 15 is 0 Å². The maximum atomic E-state index is 11.5. The van der Waals surface area contributed by atoms with Crippen molar-refractivity contribution in [2.75, 3.05) is 40.3 Å². The van der Waals surface area contributed by atoms with Gasteiger partial charge in [0.1, 0.15) is 0 Å². The smallest absolute Gasteiger partial charge is 0.0828 e. The van der Waals surface area contributed by atoms with Crippen molar-refractivity contribution in [1.82, 2.24) is 4.90 Å². The summed E-state index contributed by atoms with van der Waals surface area (Å²) in [5, 5.41) is 11.5. The summed E-state index contributed by atoms with van der Waals surface area (Å²) >= 11 is 0. The molecule has 64 valence electrons. The number of hydrogen-bond donors (Lipinski definition) is 0. The predicted molar refractivity (Wildman–Crippen MR) is 43.8 cm³/mol. The number of quaternary nitrogens is 1. The minimum Gasteiger partial charge on any atom is -0.633 e. The lowest BCUT2D eigenvalue weighted by Crippen LogP contribution is -2.37. The molecule has 0 bridgehead atoms. The molecule has 0 aromatic rings. The molecule has 0 radical (unpaired) electrons. The molecular formula is C8H16N2O. The molecule has 0 amide bonds. The molecule has 2 rings (SSSR count). The molecule has 0 saturated carbocycles. The van der Waals surface area contributed by atoms with Crippen molar-refractivity contribution in [3.8, 4) is 0 Å². The van der Waals surface area contributed by atoms with E-state index in [0.717, 1.165) is 26.2 Å². The zero-order valence-electron chi connectivity index (χ0n) is 7.29. The van der Waals surface area contributed by atoms with Crippen molar-refractivity contribution in [1.29, 1.82) is 0 Å². The van der Waals surface area contributed by atoms with Gasteiger partial charge in [0.05, 0.1) is 20.1 Å². The van der Waals surface area contributed by atoms with Gasteiger partial charge in [0, 0.05) is 24.9 Å². The first-order valence-corrected chi connectivity index (χ1v) is 4.31. The van der Waals surface area contributed by atoms with Gasteiger partial charge in [0.25, 0.3) is 0 Å². The summed E-state index contributed by atoms with van der Waals surface area (Å²) in [6, 6.07) is 0. The third-order valence-electron chi connectivity index (χ3n) is 3.00. The number of nitrogens with zero attached hydrogens (tertiary/aromatic N) is 2. The van der Waals surface area contributed by atoms with E-state index in [9.17, 15) is 5.21 Å². The maximum Gasteiger partial charge on any atom is 0.0828 e. The summed E-state index contributed by atoms with van der Waals surface area (Å²) in [5.74, 6) is 1.37. The van der Waals surface area contributed by atoms with E-state index in [2.05, 4.69) is 11.9 Å². The van der Waals surface area contributed by atoms with Crippen LogP contribution in [0.4, 0.5) is 0 Å². The summed E-state index contributed by atoms with van der Waals surface area (Å²) in [7, 11) is 3.95. The molecule has 11 heavy (non-hydrogen) atoms. The molecule has 2 aliphatic rings. The van der Waals surface area contributed by atoms with Gasteiger partial charge in [-0.25, -0.2) is 0 Å². The Morgan fingerprint density at radius 2 is 1.73 bits per heavy atom. The first kappa shape index (κ1) is 7.53. The van der Waals surface area contributed by atoms with Crippen LogP contribution in [-0.4, -0.2) is 49.8 Å². The van der Waals surface area contributed by atoms with Crippen molar-refractivity contribution < 1.29 is 4.65 Å². The zero-order chi connectivity index (χ0) is 8.06. The van der Waals surface area contributed by atoms with Gasteiger partial charge in [-0.15, -0.1) is 0 Å². The van der Waals surface area contributed by atoms with Crippen LogP contribution in [-0.2, 0) is 0 Å². The quantitative estimate of drug-likeness (QED) is 0.368. The summed E-state index contributed by atoms with van der Waals surface area (Å²) in [5.41, 5.74) is 0. The standard InChI is InChI=1S/C8H16N2O/c1-9-3-7-5-10(2,11)6-8(7)4-9/h7-8H,3-6H2,1-2H3. The van der Waals surface area contributed by atoms with Crippen LogP contribution in [0.15, 0.2) is 0 Å². The molecule has 0 aromatic carbocycles. The number of hydroxylamine groups is 3. The largest absolute Gasteiger partial charge is 0.633 e. The molecule has 2 unspecified atom stereocenters. The van der Waals surface area contributed by atoms with Crippen molar-refractivity contribution in [2.24, 2.45) is 11.8 Å². The normalized spacial score (nSPS) is 51.5. The Kier molecular flexibility index (Phi) is 1.50. The highest BCUT2D eigenvalue weighted by Crippen LogP contribution is 2.32. The average Bonchev–Trinajstić information content (AvgIpc) is 2.17. The second-order valence-electron chi connectivity index (χ2n) is 4.40. The van der Waals surface area contributed by atoms with E-state index in [0.29, 0.717) is 11.8 Å². The van der Waals surface area contributed by atoms with Crippen molar-refractivity contribution in [2.45, 2.75) is 0 Å². The molecule has 2 saturated heterocycles. The molecule has 0 aromatic heterocycles. The van der Waals surface area contributed by atoms with E-state index in [1.54, 1.807) is 7.05 Å². The van der Waals surface area contributed by atoms with Crippen LogP contribution in [0.25, 0.3) is 0 Å². The summed E-state index contributed by atoms with van der Waals surface area (Å²) in [4.78, 5) is 2.34. The third-order valence-corrected chi connectivity index (χ3v) is 3.00. The fraction of sp³-hybridized carbons (Fsp3) is 1.00. The first-order chi connectivity index (χ1) is 5.07. The Morgan fingerprint density at radius 1 is 1.27 bits per heavy atom. The molecule has 2 atom stereocenters. The lowest BCUT2D eigenvalue weighted by atomic mass is 10.0. The highest BCUT2D eigenvalue weighted by Gasteiger charge is 2.42. The monoisotopic (exact) mass is 156 g/mol. The van der Waals surface area contributed by atoms with Crippen molar-refractivity contribution >= 4 is 0 Å².